The van der Waals surface area contributed by atoms with Gasteiger partial charge in [-0.15, -0.1) is 0 Å². The topological polar surface area (TPSA) is 52.0 Å². The number of halogens is 1. The van der Waals surface area contributed by atoms with E-state index < -0.39 is 0 Å². The molecule has 0 aliphatic rings. The normalized spacial score (nSPS) is 13.0. The van der Waals surface area contributed by atoms with Gasteiger partial charge in [-0.05, 0) is 30.2 Å². The van der Waals surface area contributed by atoms with Gasteiger partial charge in [-0.25, -0.2) is 0 Å². The van der Waals surface area contributed by atoms with E-state index in [1.165, 1.54) is 0 Å². The highest BCUT2D eigenvalue weighted by Crippen LogP contribution is 2.19. The van der Waals surface area contributed by atoms with Crippen LogP contribution >= 0.6 is 11.6 Å². The van der Waals surface area contributed by atoms with E-state index in [0.29, 0.717) is 11.6 Å². The first-order chi connectivity index (χ1) is 5.65. The minimum atomic E-state index is -0.108. The maximum Gasteiger partial charge on any atom is 0.0422 e. The number of aryl methyl sites for hydroxylation is 1. The quantitative estimate of drug-likeness (QED) is 0.734. The van der Waals surface area contributed by atoms with Crippen LogP contribution in [0, 0.1) is 6.92 Å². The molecule has 0 fully saturated rings. The molecule has 0 heterocycles. The van der Waals surface area contributed by atoms with Gasteiger partial charge in [-0.1, -0.05) is 17.7 Å². The molecule has 66 valence electrons. The van der Waals surface area contributed by atoms with E-state index in [4.69, 9.17) is 23.1 Å². The first-order valence-corrected chi connectivity index (χ1v) is 4.24. The average molecular weight is 185 g/mol. The largest absolute Gasteiger partial charge is 0.329 e. The minimum Gasteiger partial charge on any atom is -0.329 e. The molecular weight excluding hydrogens is 172 g/mol. The lowest BCUT2D eigenvalue weighted by Crippen LogP contribution is -2.21. The van der Waals surface area contributed by atoms with Crippen LogP contribution < -0.4 is 11.5 Å². The fraction of sp³-hybridized carbons (Fsp3) is 0.333. The van der Waals surface area contributed by atoms with Crippen LogP contribution in [0.4, 0.5) is 0 Å². The third-order valence-electron chi connectivity index (χ3n) is 1.89. The van der Waals surface area contributed by atoms with Crippen molar-refractivity contribution in [2.45, 2.75) is 13.0 Å². The Balaban J connectivity index is 3.04. The Labute approximate surface area is 77.5 Å². The summed E-state index contributed by atoms with van der Waals surface area (Å²) in [5.74, 6) is 0. The number of hydrogen-bond donors (Lipinski definition) is 2. The molecule has 0 spiro atoms. The second kappa shape index (κ2) is 3.90. The second-order valence-electron chi connectivity index (χ2n) is 2.84. The van der Waals surface area contributed by atoms with Crippen LogP contribution in [-0.4, -0.2) is 6.54 Å². The van der Waals surface area contributed by atoms with Crippen molar-refractivity contribution >= 4 is 11.6 Å². The third-order valence-corrected chi connectivity index (χ3v) is 2.13. The second-order valence-corrected chi connectivity index (χ2v) is 3.28. The Bertz CT molecular complexity index is 273. The summed E-state index contributed by atoms with van der Waals surface area (Å²) in [6, 6.07) is 5.56. The Kier molecular flexibility index (Phi) is 3.09. The standard InChI is InChI=1S/C9H13ClN2/c1-6-2-3-7(10)4-8(6)9(12)5-11/h2-4,9H,5,11-12H2,1H3/t9-/m0/s1. The highest BCUT2D eigenvalue weighted by atomic mass is 35.5. The van der Waals surface area contributed by atoms with Crippen LogP contribution in [-0.2, 0) is 0 Å². The summed E-state index contributed by atoms with van der Waals surface area (Å²) < 4.78 is 0. The molecule has 3 heteroatoms. The van der Waals surface area contributed by atoms with Crippen molar-refractivity contribution in [2.75, 3.05) is 6.54 Å². The van der Waals surface area contributed by atoms with Gasteiger partial charge in [0.15, 0.2) is 0 Å². The molecule has 0 saturated carbocycles. The molecule has 0 amide bonds. The first kappa shape index (κ1) is 9.52. The molecule has 1 aromatic rings. The summed E-state index contributed by atoms with van der Waals surface area (Å²) in [6.45, 7) is 2.45. The molecule has 2 nitrogen and oxygen atoms in total. The zero-order chi connectivity index (χ0) is 9.14. The monoisotopic (exact) mass is 184 g/mol. The molecule has 0 aliphatic heterocycles. The lowest BCUT2D eigenvalue weighted by atomic mass is 10.0. The number of rotatable bonds is 2. The van der Waals surface area contributed by atoms with Crippen LogP contribution in [0.25, 0.3) is 0 Å². The fourth-order valence-electron chi connectivity index (χ4n) is 1.14. The molecule has 0 aromatic heterocycles. The van der Waals surface area contributed by atoms with Crippen LogP contribution in [0.15, 0.2) is 18.2 Å². The van der Waals surface area contributed by atoms with Crippen LogP contribution in [0.3, 0.4) is 0 Å². The molecule has 4 N–H and O–H groups in total. The molecule has 0 aliphatic carbocycles. The van der Waals surface area contributed by atoms with Gasteiger partial charge < -0.3 is 11.5 Å². The molecule has 0 saturated heterocycles. The van der Waals surface area contributed by atoms with Gasteiger partial charge in [0.2, 0.25) is 0 Å². The summed E-state index contributed by atoms with van der Waals surface area (Å²) in [4.78, 5) is 0. The fourth-order valence-corrected chi connectivity index (χ4v) is 1.32. The van der Waals surface area contributed by atoms with E-state index in [-0.39, 0.29) is 6.04 Å². The zero-order valence-corrected chi connectivity index (χ0v) is 7.81. The highest BCUT2D eigenvalue weighted by molar-refractivity contribution is 6.30. The average Bonchev–Trinajstić information content (AvgIpc) is 2.08. The van der Waals surface area contributed by atoms with Crippen molar-refractivity contribution in [1.82, 2.24) is 0 Å². The van der Waals surface area contributed by atoms with Crippen molar-refractivity contribution in [3.8, 4) is 0 Å². The number of benzene rings is 1. The Hall–Kier alpha value is -0.570. The minimum absolute atomic E-state index is 0.108. The number of hydrogen-bond acceptors (Lipinski definition) is 2. The summed E-state index contributed by atoms with van der Waals surface area (Å²) in [7, 11) is 0. The SMILES string of the molecule is Cc1ccc(Cl)cc1[C@@H](N)CN. The zero-order valence-electron chi connectivity index (χ0n) is 7.05. The van der Waals surface area contributed by atoms with Gasteiger partial charge >= 0.3 is 0 Å². The summed E-state index contributed by atoms with van der Waals surface area (Å²) >= 11 is 5.82. The molecule has 12 heavy (non-hydrogen) atoms. The van der Waals surface area contributed by atoms with Crippen molar-refractivity contribution in [3.05, 3.63) is 34.3 Å². The summed E-state index contributed by atoms with van der Waals surface area (Å²) in [6.07, 6.45) is 0. The van der Waals surface area contributed by atoms with Gasteiger partial charge in [0.25, 0.3) is 0 Å². The Morgan fingerprint density at radius 3 is 2.75 bits per heavy atom. The summed E-state index contributed by atoms with van der Waals surface area (Å²) in [5, 5.41) is 0.708. The van der Waals surface area contributed by atoms with Crippen LogP contribution in [0.2, 0.25) is 5.02 Å². The van der Waals surface area contributed by atoms with Crippen molar-refractivity contribution < 1.29 is 0 Å². The van der Waals surface area contributed by atoms with E-state index in [1.54, 1.807) is 0 Å². The van der Waals surface area contributed by atoms with E-state index in [9.17, 15) is 0 Å². The Morgan fingerprint density at radius 2 is 2.17 bits per heavy atom. The molecule has 1 aromatic carbocycles. The molecule has 1 atom stereocenters. The van der Waals surface area contributed by atoms with Crippen LogP contribution in [0.1, 0.15) is 17.2 Å². The predicted octanol–water partition coefficient (Wildman–Crippen LogP) is 1.61. The molecule has 0 bridgehead atoms. The van der Waals surface area contributed by atoms with Crippen molar-refractivity contribution in [3.63, 3.8) is 0 Å². The molecule has 0 radical (unpaired) electrons. The lowest BCUT2D eigenvalue weighted by Gasteiger charge is -2.12. The van der Waals surface area contributed by atoms with Gasteiger partial charge in [-0.2, -0.15) is 0 Å². The van der Waals surface area contributed by atoms with E-state index in [1.807, 2.05) is 25.1 Å². The highest BCUT2D eigenvalue weighted by Gasteiger charge is 2.06. The third kappa shape index (κ3) is 1.97. The van der Waals surface area contributed by atoms with Gasteiger partial charge in [-0.3, -0.25) is 0 Å². The predicted molar refractivity (Wildman–Crippen MR) is 52.2 cm³/mol. The maximum absolute atomic E-state index is 5.82. The van der Waals surface area contributed by atoms with Crippen molar-refractivity contribution in [2.24, 2.45) is 11.5 Å². The summed E-state index contributed by atoms with van der Waals surface area (Å²) in [5.41, 5.74) is 13.4. The van der Waals surface area contributed by atoms with E-state index in [0.717, 1.165) is 11.1 Å². The Morgan fingerprint density at radius 1 is 1.50 bits per heavy atom. The maximum atomic E-state index is 5.82. The van der Waals surface area contributed by atoms with Crippen LogP contribution in [0.5, 0.6) is 0 Å². The van der Waals surface area contributed by atoms with Crippen molar-refractivity contribution in [1.29, 1.82) is 0 Å². The molecule has 0 unspecified atom stereocenters. The van der Waals surface area contributed by atoms with Gasteiger partial charge in [0.1, 0.15) is 0 Å². The van der Waals surface area contributed by atoms with E-state index >= 15 is 0 Å². The lowest BCUT2D eigenvalue weighted by molar-refractivity contribution is 0.732. The number of nitrogens with two attached hydrogens (primary N) is 2. The van der Waals surface area contributed by atoms with E-state index in [2.05, 4.69) is 0 Å². The first-order valence-electron chi connectivity index (χ1n) is 3.87. The van der Waals surface area contributed by atoms with Gasteiger partial charge in [0.05, 0.1) is 0 Å². The molecular formula is C9H13ClN2. The smallest absolute Gasteiger partial charge is 0.0422 e. The van der Waals surface area contributed by atoms with Gasteiger partial charge in [0, 0.05) is 17.6 Å². The molecule has 1 rings (SSSR count).